The number of pyridine rings is 1. The quantitative estimate of drug-likeness (QED) is 0.866. The van der Waals surface area contributed by atoms with Gasteiger partial charge in [-0.3, -0.25) is 0 Å². The van der Waals surface area contributed by atoms with E-state index >= 15 is 0 Å². The van der Waals surface area contributed by atoms with Gasteiger partial charge in [0.15, 0.2) is 0 Å². The molecule has 2 rings (SSSR count). The third kappa shape index (κ3) is 4.04. The van der Waals surface area contributed by atoms with Crippen molar-refractivity contribution in [2.45, 2.75) is 26.2 Å². The molecule has 5 nitrogen and oxygen atoms in total. The van der Waals surface area contributed by atoms with Crippen LogP contribution in [-0.4, -0.2) is 42.4 Å². The third-order valence-electron chi connectivity index (χ3n) is 3.39. The van der Waals surface area contributed by atoms with Crippen LogP contribution in [-0.2, 0) is 14.9 Å². The molecule has 0 saturated carbocycles. The van der Waals surface area contributed by atoms with Gasteiger partial charge in [0, 0.05) is 35.8 Å². The van der Waals surface area contributed by atoms with Gasteiger partial charge in [0.2, 0.25) is 0 Å². The van der Waals surface area contributed by atoms with E-state index in [-0.39, 0.29) is 5.41 Å². The molecule has 0 spiro atoms. The largest absolute Gasteiger partial charge is 0.478 e. The molecule has 0 aromatic carbocycles. The van der Waals surface area contributed by atoms with Crippen LogP contribution in [0.15, 0.2) is 18.2 Å². The van der Waals surface area contributed by atoms with Crippen molar-refractivity contribution in [2.75, 3.05) is 31.2 Å². The fourth-order valence-electron chi connectivity index (χ4n) is 2.20. The number of aliphatic carboxylic acids is 1. The summed E-state index contributed by atoms with van der Waals surface area (Å²) in [4.78, 5) is 17.7. The number of ether oxygens (including phenoxy) is 1. The van der Waals surface area contributed by atoms with E-state index in [1.165, 1.54) is 0 Å². The molecule has 21 heavy (non-hydrogen) atoms. The van der Waals surface area contributed by atoms with Crippen LogP contribution in [0.1, 0.15) is 32.0 Å². The van der Waals surface area contributed by atoms with E-state index in [1.807, 2.05) is 12.1 Å². The van der Waals surface area contributed by atoms with Gasteiger partial charge in [-0.1, -0.05) is 20.8 Å². The molecule has 0 aliphatic carbocycles. The predicted molar refractivity (Wildman–Crippen MR) is 82.6 cm³/mol. The number of hydrogen-bond acceptors (Lipinski definition) is 4. The van der Waals surface area contributed by atoms with Crippen molar-refractivity contribution >= 4 is 17.9 Å². The third-order valence-corrected chi connectivity index (χ3v) is 3.39. The summed E-state index contributed by atoms with van der Waals surface area (Å²) in [6.07, 6.45) is 2.75. The van der Waals surface area contributed by atoms with Gasteiger partial charge in [-0.05, 0) is 18.2 Å². The van der Waals surface area contributed by atoms with Crippen molar-refractivity contribution in [1.29, 1.82) is 0 Å². The number of carbonyl (C=O) groups is 1. The minimum absolute atomic E-state index is 0.0456. The number of hydrogen-bond donors (Lipinski definition) is 1. The summed E-state index contributed by atoms with van der Waals surface area (Å²) in [5.41, 5.74) is 1.78. The van der Waals surface area contributed by atoms with Crippen LogP contribution in [0.5, 0.6) is 0 Å². The molecule has 1 aromatic rings. The normalized spacial score (nSPS) is 16.4. The lowest BCUT2D eigenvalue weighted by molar-refractivity contribution is -0.131. The number of anilines is 1. The van der Waals surface area contributed by atoms with E-state index in [4.69, 9.17) is 14.8 Å². The maximum Gasteiger partial charge on any atom is 0.328 e. The summed E-state index contributed by atoms with van der Waals surface area (Å²) in [5.74, 6) is -0.119. The summed E-state index contributed by atoms with van der Waals surface area (Å²) in [5, 5.41) is 8.82. The van der Waals surface area contributed by atoms with E-state index in [0.29, 0.717) is 13.2 Å². The first kappa shape index (κ1) is 15.5. The molecule has 0 bridgehead atoms. The SMILES string of the molecule is CC(C)(C)c1ccc(C=CC(=O)O)c(N2CCOCC2)n1. The molecule has 114 valence electrons. The first-order valence-electron chi connectivity index (χ1n) is 7.13. The minimum Gasteiger partial charge on any atom is -0.478 e. The van der Waals surface area contributed by atoms with Crippen LogP contribution in [0.2, 0.25) is 0 Å². The van der Waals surface area contributed by atoms with Crippen LogP contribution in [0.3, 0.4) is 0 Å². The molecule has 1 fully saturated rings. The summed E-state index contributed by atoms with van der Waals surface area (Å²) in [7, 11) is 0. The van der Waals surface area contributed by atoms with E-state index in [1.54, 1.807) is 6.08 Å². The summed E-state index contributed by atoms with van der Waals surface area (Å²) in [6, 6.07) is 3.91. The van der Waals surface area contributed by atoms with Crippen molar-refractivity contribution in [3.05, 3.63) is 29.5 Å². The molecular formula is C16H22N2O3. The Morgan fingerprint density at radius 2 is 2.00 bits per heavy atom. The Labute approximate surface area is 125 Å². The Kier molecular flexibility index (Phi) is 4.63. The first-order chi connectivity index (χ1) is 9.88. The Hall–Kier alpha value is -1.88. The van der Waals surface area contributed by atoms with Gasteiger partial charge in [0.1, 0.15) is 5.82 Å². The Morgan fingerprint density at radius 3 is 2.57 bits per heavy atom. The molecule has 0 radical (unpaired) electrons. The topological polar surface area (TPSA) is 62.7 Å². The van der Waals surface area contributed by atoms with Crippen LogP contribution < -0.4 is 4.90 Å². The van der Waals surface area contributed by atoms with Gasteiger partial charge >= 0.3 is 5.97 Å². The zero-order valence-corrected chi connectivity index (χ0v) is 12.8. The van der Waals surface area contributed by atoms with Gasteiger partial charge in [-0.2, -0.15) is 0 Å². The second-order valence-electron chi connectivity index (χ2n) is 6.13. The second kappa shape index (κ2) is 6.26. The average Bonchev–Trinajstić information content (AvgIpc) is 2.45. The van der Waals surface area contributed by atoms with E-state index in [0.717, 1.165) is 36.2 Å². The van der Waals surface area contributed by atoms with Gasteiger partial charge in [0.25, 0.3) is 0 Å². The standard InChI is InChI=1S/C16H22N2O3/c1-16(2,3)13-6-4-12(5-7-14(19)20)15(17-13)18-8-10-21-11-9-18/h4-7H,8-11H2,1-3H3,(H,19,20). The predicted octanol–water partition coefficient (Wildman–Crippen LogP) is 2.31. The highest BCUT2D eigenvalue weighted by Crippen LogP contribution is 2.27. The second-order valence-corrected chi connectivity index (χ2v) is 6.13. The number of morpholine rings is 1. The fraction of sp³-hybridized carbons (Fsp3) is 0.500. The number of rotatable bonds is 3. The van der Waals surface area contributed by atoms with Crippen LogP contribution in [0.4, 0.5) is 5.82 Å². The molecule has 1 aliphatic heterocycles. The molecule has 1 saturated heterocycles. The highest BCUT2D eigenvalue weighted by molar-refractivity contribution is 5.86. The Morgan fingerprint density at radius 1 is 1.33 bits per heavy atom. The lowest BCUT2D eigenvalue weighted by Gasteiger charge is -2.30. The van der Waals surface area contributed by atoms with E-state index < -0.39 is 5.97 Å². The Balaban J connectivity index is 2.41. The maximum atomic E-state index is 10.7. The molecule has 2 heterocycles. The summed E-state index contributed by atoms with van der Waals surface area (Å²) in [6.45, 7) is 9.23. The zero-order chi connectivity index (χ0) is 15.5. The smallest absolute Gasteiger partial charge is 0.328 e. The fourth-order valence-corrected chi connectivity index (χ4v) is 2.20. The molecule has 1 aromatic heterocycles. The first-order valence-corrected chi connectivity index (χ1v) is 7.13. The molecule has 1 aliphatic rings. The number of nitrogens with zero attached hydrogens (tertiary/aromatic N) is 2. The van der Waals surface area contributed by atoms with Crippen molar-refractivity contribution < 1.29 is 14.6 Å². The van der Waals surface area contributed by atoms with Gasteiger partial charge < -0.3 is 14.7 Å². The van der Waals surface area contributed by atoms with E-state index in [2.05, 4.69) is 25.7 Å². The van der Waals surface area contributed by atoms with Crippen molar-refractivity contribution in [2.24, 2.45) is 0 Å². The van der Waals surface area contributed by atoms with Gasteiger partial charge in [-0.15, -0.1) is 0 Å². The lowest BCUT2D eigenvalue weighted by Crippen LogP contribution is -2.37. The molecule has 0 unspecified atom stereocenters. The number of carboxylic acid groups (broad SMARTS) is 1. The molecule has 0 atom stereocenters. The van der Waals surface area contributed by atoms with Crippen LogP contribution in [0.25, 0.3) is 6.08 Å². The molecular weight excluding hydrogens is 268 g/mol. The minimum atomic E-state index is -0.956. The van der Waals surface area contributed by atoms with Gasteiger partial charge in [-0.25, -0.2) is 9.78 Å². The van der Waals surface area contributed by atoms with Crippen molar-refractivity contribution in [1.82, 2.24) is 4.98 Å². The molecule has 0 amide bonds. The van der Waals surface area contributed by atoms with E-state index in [9.17, 15) is 4.79 Å². The monoisotopic (exact) mass is 290 g/mol. The van der Waals surface area contributed by atoms with Crippen LogP contribution >= 0.6 is 0 Å². The zero-order valence-electron chi connectivity index (χ0n) is 12.8. The molecule has 1 N–H and O–H groups in total. The van der Waals surface area contributed by atoms with Crippen molar-refractivity contribution in [3.8, 4) is 0 Å². The highest BCUT2D eigenvalue weighted by Gasteiger charge is 2.20. The van der Waals surface area contributed by atoms with Crippen LogP contribution in [0, 0.1) is 0 Å². The summed E-state index contributed by atoms with van der Waals surface area (Å²) >= 11 is 0. The average molecular weight is 290 g/mol. The summed E-state index contributed by atoms with van der Waals surface area (Å²) < 4.78 is 5.38. The highest BCUT2D eigenvalue weighted by atomic mass is 16.5. The maximum absolute atomic E-state index is 10.7. The Bertz CT molecular complexity index is 541. The lowest BCUT2D eigenvalue weighted by atomic mass is 9.91. The molecule has 5 heteroatoms. The van der Waals surface area contributed by atoms with Crippen molar-refractivity contribution in [3.63, 3.8) is 0 Å². The number of aromatic nitrogens is 1. The number of carboxylic acids is 1. The van der Waals surface area contributed by atoms with Gasteiger partial charge in [0.05, 0.1) is 13.2 Å².